The maximum atomic E-state index is 12.5. The number of hydrogen-bond acceptors (Lipinski definition) is 3. The average Bonchev–Trinajstić information content (AvgIpc) is 2.92. The van der Waals surface area contributed by atoms with Crippen LogP contribution in [-0.4, -0.2) is 23.9 Å². The largest absolute Gasteiger partial charge is 0.512 e. The van der Waals surface area contributed by atoms with Crippen molar-refractivity contribution in [1.29, 1.82) is 0 Å². The van der Waals surface area contributed by atoms with Crippen molar-refractivity contribution in [3.63, 3.8) is 0 Å². The molecule has 0 heterocycles. The Labute approximate surface area is 149 Å². The van der Waals surface area contributed by atoms with E-state index in [2.05, 4.69) is 19.9 Å². The molecule has 2 fully saturated rings. The number of halogens is 1. The summed E-state index contributed by atoms with van der Waals surface area (Å²) in [4.78, 5) is 11.4. The van der Waals surface area contributed by atoms with Gasteiger partial charge in [0.25, 0.3) is 0 Å². The molecule has 4 rings (SSSR count). The molecule has 0 amide bonds. The maximum absolute atomic E-state index is 12.5. The molecule has 1 N–H and O–H groups in total. The van der Waals surface area contributed by atoms with Crippen molar-refractivity contribution in [2.24, 2.45) is 28.6 Å². The third-order valence-electron chi connectivity index (χ3n) is 7.90. The quantitative estimate of drug-likeness (QED) is 0.571. The molecular formula is C21H29FO3. The van der Waals surface area contributed by atoms with Crippen LogP contribution in [0.3, 0.4) is 0 Å². The number of hydrogen-bond donors (Lipinski definition) is 1. The van der Waals surface area contributed by atoms with E-state index in [0.29, 0.717) is 23.5 Å². The monoisotopic (exact) mass is 348 g/mol. The molecule has 6 atom stereocenters. The van der Waals surface area contributed by atoms with Crippen LogP contribution >= 0.6 is 0 Å². The SMILES string of the molecule is C[C@]12CC[C@H]3[C@@H](CC=C4CCC=C(O)[C@@]43C)[C@@H]1C[C@@H](OC(=O)CF)C2. The minimum atomic E-state index is -1.03. The van der Waals surface area contributed by atoms with Crippen LogP contribution in [0.2, 0.25) is 0 Å². The summed E-state index contributed by atoms with van der Waals surface area (Å²) in [6.45, 7) is 3.50. The van der Waals surface area contributed by atoms with Crippen molar-refractivity contribution in [2.45, 2.75) is 64.9 Å². The minimum Gasteiger partial charge on any atom is -0.512 e. The fraction of sp³-hybridized carbons (Fsp3) is 0.762. The number of carbonyl (C=O) groups excluding carboxylic acids is 1. The Hall–Kier alpha value is -1.32. The Bertz CT molecular complexity index is 639. The van der Waals surface area contributed by atoms with E-state index in [4.69, 9.17) is 4.74 Å². The minimum absolute atomic E-state index is 0.148. The Balaban J connectivity index is 1.61. The smallest absolute Gasteiger partial charge is 0.337 e. The average molecular weight is 348 g/mol. The van der Waals surface area contributed by atoms with Gasteiger partial charge in [-0.15, -0.1) is 0 Å². The van der Waals surface area contributed by atoms with Gasteiger partial charge in [-0.3, -0.25) is 0 Å². The summed E-state index contributed by atoms with van der Waals surface area (Å²) in [5.74, 6) is 1.28. The molecule has 0 aromatic carbocycles. The molecule has 4 aliphatic carbocycles. The molecule has 0 aromatic rings. The maximum Gasteiger partial charge on any atom is 0.337 e. The molecule has 0 spiro atoms. The van der Waals surface area contributed by atoms with Gasteiger partial charge >= 0.3 is 5.97 Å². The Morgan fingerprint density at radius 1 is 1.36 bits per heavy atom. The zero-order valence-corrected chi connectivity index (χ0v) is 15.3. The number of aliphatic hydroxyl groups is 1. The second-order valence-electron chi connectivity index (χ2n) is 9.05. The van der Waals surface area contributed by atoms with Crippen molar-refractivity contribution in [3.8, 4) is 0 Å². The van der Waals surface area contributed by atoms with Crippen LogP contribution in [-0.2, 0) is 9.53 Å². The zero-order valence-electron chi connectivity index (χ0n) is 15.3. The molecule has 25 heavy (non-hydrogen) atoms. The molecule has 3 nitrogen and oxygen atoms in total. The van der Waals surface area contributed by atoms with E-state index in [1.165, 1.54) is 5.57 Å². The number of carbonyl (C=O) groups is 1. The number of aliphatic hydroxyl groups excluding tert-OH is 1. The highest BCUT2D eigenvalue weighted by Crippen LogP contribution is 2.65. The summed E-state index contributed by atoms with van der Waals surface area (Å²) in [5, 5.41) is 10.7. The van der Waals surface area contributed by atoms with Crippen molar-refractivity contribution in [1.82, 2.24) is 0 Å². The molecule has 0 radical (unpaired) electrons. The molecule has 4 heteroatoms. The lowest BCUT2D eigenvalue weighted by molar-refractivity contribution is -0.150. The fourth-order valence-corrected chi connectivity index (χ4v) is 6.65. The van der Waals surface area contributed by atoms with Crippen LogP contribution in [0, 0.1) is 28.6 Å². The molecule has 0 unspecified atom stereocenters. The van der Waals surface area contributed by atoms with Gasteiger partial charge in [-0.25, -0.2) is 9.18 Å². The van der Waals surface area contributed by atoms with Gasteiger partial charge in [0.2, 0.25) is 0 Å². The number of esters is 1. The predicted octanol–water partition coefficient (Wildman–Crippen LogP) is 4.88. The van der Waals surface area contributed by atoms with E-state index in [-0.39, 0.29) is 16.9 Å². The topological polar surface area (TPSA) is 46.5 Å². The lowest BCUT2D eigenvalue weighted by Gasteiger charge is -2.55. The van der Waals surface area contributed by atoms with Crippen molar-refractivity contribution in [2.75, 3.05) is 6.67 Å². The number of alkyl halides is 1. The third kappa shape index (κ3) is 2.47. The first-order valence-electron chi connectivity index (χ1n) is 9.73. The Kier molecular flexibility index (Phi) is 4.01. The predicted molar refractivity (Wildman–Crippen MR) is 93.7 cm³/mol. The van der Waals surface area contributed by atoms with Crippen LogP contribution in [0.4, 0.5) is 4.39 Å². The number of rotatable bonds is 2. The van der Waals surface area contributed by atoms with Gasteiger partial charge in [0, 0.05) is 5.41 Å². The van der Waals surface area contributed by atoms with Crippen molar-refractivity contribution >= 4 is 5.97 Å². The van der Waals surface area contributed by atoms with Crippen molar-refractivity contribution < 1.29 is 19.0 Å². The number of ether oxygens (including phenoxy) is 1. The van der Waals surface area contributed by atoms with Crippen LogP contribution in [0.5, 0.6) is 0 Å². The highest BCUT2D eigenvalue weighted by Gasteiger charge is 2.58. The molecule has 138 valence electrons. The van der Waals surface area contributed by atoms with E-state index in [1.807, 2.05) is 6.08 Å². The summed E-state index contributed by atoms with van der Waals surface area (Å²) in [7, 11) is 0. The molecule has 2 saturated carbocycles. The molecule has 0 aromatic heterocycles. The van der Waals surface area contributed by atoms with Gasteiger partial charge in [-0.1, -0.05) is 18.6 Å². The van der Waals surface area contributed by atoms with Gasteiger partial charge in [0.05, 0.1) is 5.76 Å². The van der Waals surface area contributed by atoms with E-state index >= 15 is 0 Å². The van der Waals surface area contributed by atoms with Gasteiger partial charge in [0.15, 0.2) is 6.67 Å². The zero-order chi connectivity index (χ0) is 17.8. The van der Waals surface area contributed by atoms with E-state index in [1.54, 1.807) is 0 Å². The van der Waals surface area contributed by atoms with Gasteiger partial charge in [0.1, 0.15) is 6.10 Å². The van der Waals surface area contributed by atoms with Gasteiger partial charge in [-0.05, 0) is 81.1 Å². The first kappa shape index (κ1) is 17.1. The van der Waals surface area contributed by atoms with E-state index in [0.717, 1.165) is 44.9 Å². The van der Waals surface area contributed by atoms with Gasteiger partial charge < -0.3 is 9.84 Å². The summed E-state index contributed by atoms with van der Waals surface area (Å²) in [6, 6.07) is 0. The summed E-state index contributed by atoms with van der Waals surface area (Å²) >= 11 is 0. The number of allylic oxidation sites excluding steroid dienone is 3. The second-order valence-corrected chi connectivity index (χ2v) is 9.05. The van der Waals surface area contributed by atoms with Crippen LogP contribution in [0.15, 0.2) is 23.5 Å². The second kappa shape index (κ2) is 5.85. The van der Waals surface area contributed by atoms with E-state index < -0.39 is 12.6 Å². The summed E-state index contributed by atoms with van der Waals surface area (Å²) in [5.41, 5.74) is 1.37. The number of fused-ring (bicyclic) bond motifs is 5. The highest BCUT2D eigenvalue weighted by atomic mass is 19.1. The summed E-state index contributed by atoms with van der Waals surface area (Å²) < 4.78 is 17.9. The Morgan fingerprint density at radius 3 is 2.92 bits per heavy atom. The lowest BCUT2D eigenvalue weighted by Crippen LogP contribution is -2.48. The van der Waals surface area contributed by atoms with Gasteiger partial charge in [-0.2, -0.15) is 0 Å². The molecule has 0 saturated heterocycles. The first-order valence-corrected chi connectivity index (χ1v) is 9.73. The van der Waals surface area contributed by atoms with Crippen molar-refractivity contribution in [3.05, 3.63) is 23.5 Å². The van der Waals surface area contributed by atoms with E-state index in [9.17, 15) is 14.3 Å². The molecule has 4 aliphatic rings. The molecular weight excluding hydrogens is 319 g/mol. The molecule has 0 bridgehead atoms. The highest BCUT2D eigenvalue weighted by molar-refractivity contribution is 5.70. The van der Waals surface area contributed by atoms with Crippen LogP contribution < -0.4 is 0 Å². The first-order chi connectivity index (χ1) is 11.9. The lowest BCUT2D eigenvalue weighted by atomic mass is 9.49. The molecule has 0 aliphatic heterocycles. The fourth-order valence-electron chi connectivity index (χ4n) is 6.65. The van der Waals surface area contributed by atoms with Crippen LogP contribution in [0.1, 0.15) is 58.8 Å². The third-order valence-corrected chi connectivity index (χ3v) is 7.90. The summed E-state index contributed by atoms with van der Waals surface area (Å²) in [6.07, 6.45) is 11.2. The normalized spacial score (nSPS) is 45.6. The van der Waals surface area contributed by atoms with Crippen LogP contribution in [0.25, 0.3) is 0 Å². The Morgan fingerprint density at radius 2 is 2.16 bits per heavy atom. The standard InChI is InChI=1S/C21H29FO3/c1-20-9-8-16-15(17(20)10-14(11-20)25-19(24)12-22)7-6-13-4-3-5-18(23)21(13,16)2/h5-6,14-17,23H,3-4,7-12H2,1-2H3/t14-,15-,16+,17+,20-,21+/m1/s1.